The SMILES string of the molecule is C=CCO[C@@H]1[C@H](O[C@H]2O[C@H](COCc3ccccc3)[C@@H](OCc3ccccc3)[C@H](O[C@H]3O[C@H](COCc4ccccc4)[C@H](OCc4ccccc4)[C@H](OCc4ccccc4)[C@H]3OCc3ccccc3)[C@@H]2OC(C)=O)[C@@H](OC)O[C@H](COCc2ccccc2)[C@H]1OCc1ccccc1. The van der Waals surface area contributed by atoms with Crippen LogP contribution in [0.5, 0.6) is 0 Å². The van der Waals surface area contributed by atoms with E-state index in [0.29, 0.717) is 6.61 Å². The van der Waals surface area contributed by atoms with Crippen molar-refractivity contribution in [1.29, 1.82) is 0 Å². The Morgan fingerprint density at radius 2 is 0.598 bits per heavy atom. The van der Waals surface area contributed by atoms with E-state index in [4.69, 9.17) is 75.8 Å². The summed E-state index contributed by atoms with van der Waals surface area (Å²) >= 11 is 0. The van der Waals surface area contributed by atoms with Crippen molar-refractivity contribution >= 4 is 5.97 Å². The molecule has 3 fully saturated rings. The molecule has 0 N–H and O–H groups in total. The van der Waals surface area contributed by atoms with Gasteiger partial charge < -0.3 is 75.8 Å². The lowest BCUT2D eigenvalue weighted by molar-refractivity contribution is -0.394. The highest BCUT2D eigenvalue weighted by Gasteiger charge is 2.58. The molecule has 0 amide bonds. The molecular formula is C80H88O17. The van der Waals surface area contributed by atoms with Gasteiger partial charge in [-0.1, -0.05) is 249 Å². The van der Waals surface area contributed by atoms with Crippen molar-refractivity contribution in [1.82, 2.24) is 0 Å². The summed E-state index contributed by atoms with van der Waals surface area (Å²) in [5, 5.41) is 0. The topological polar surface area (TPSA) is 165 Å². The molecule has 3 aliphatic heterocycles. The first kappa shape index (κ1) is 70.7. The largest absolute Gasteiger partial charge is 0.454 e. The summed E-state index contributed by atoms with van der Waals surface area (Å²) in [6.45, 7) is 6.96. The third kappa shape index (κ3) is 21.0. The average Bonchev–Trinajstić information content (AvgIpc) is 0.800. The molecule has 3 aliphatic rings. The zero-order valence-corrected chi connectivity index (χ0v) is 55.0. The number of hydrogen-bond donors (Lipinski definition) is 0. The van der Waals surface area contributed by atoms with Crippen LogP contribution in [-0.4, -0.2) is 132 Å². The fourth-order valence-corrected chi connectivity index (χ4v) is 12.1. The molecule has 0 bridgehead atoms. The lowest BCUT2D eigenvalue weighted by atomic mass is 9.95. The predicted molar refractivity (Wildman–Crippen MR) is 362 cm³/mol. The van der Waals surface area contributed by atoms with Crippen molar-refractivity contribution in [3.8, 4) is 0 Å². The third-order valence-electron chi connectivity index (χ3n) is 16.9. The predicted octanol–water partition coefficient (Wildman–Crippen LogP) is 12.7. The lowest BCUT2D eigenvalue weighted by Crippen LogP contribution is -2.68. The summed E-state index contributed by atoms with van der Waals surface area (Å²) in [7, 11) is 1.52. The van der Waals surface area contributed by atoms with Gasteiger partial charge in [-0.2, -0.15) is 0 Å². The molecule has 510 valence electrons. The molecule has 97 heavy (non-hydrogen) atoms. The first-order chi connectivity index (χ1) is 47.8. The second-order valence-electron chi connectivity index (χ2n) is 24.0. The number of carbonyl (C=O) groups is 1. The van der Waals surface area contributed by atoms with E-state index in [2.05, 4.69) is 6.58 Å². The van der Waals surface area contributed by atoms with Crippen LogP contribution in [0.1, 0.15) is 51.4 Å². The van der Waals surface area contributed by atoms with Crippen molar-refractivity contribution in [3.63, 3.8) is 0 Å². The maximum atomic E-state index is 14.2. The second-order valence-corrected chi connectivity index (χ2v) is 24.0. The Bertz CT molecular complexity index is 3480. The van der Waals surface area contributed by atoms with Crippen molar-refractivity contribution in [3.05, 3.63) is 300 Å². The maximum absolute atomic E-state index is 14.2. The number of carbonyl (C=O) groups excluding carboxylic acids is 1. The monoisotopic (exact) mass is 1320 g/mol. The van der Waals surface area contributed by atoms with Crippen LogP contribution in [0.2, 0.25) is 0 Å². The maximum Gasteiger partial charge on any atom is 0.303 e. The molecule has 17 nitrogen and oxygen atoms in total. The second kappa shape index (κ2) is 37.9. The van der Waals surface area contributed by atoms with Gasteiger partial charge in [0.2, 0.25) is 0 Å². The molecule has 8 aromatic rings. The molecule has 15 atom stereocenters. The van der Waals surface area contributed by atoms with E-state index in [0.717, 1.165) is 44.5 Å². The lowest BCUT2D eigenvalue weighted by Gasteiger charge is -2.51. The van der Waals surface area contributed by atoms with Crippen LogP contribution >= 0.6 is 0 Å². The van der Waals surface area contributed by atoms with Crippen LogP contribution in [0.25, 0.3) is 0 Å². The Kier molecular flexibility index (Phi) is 27.6. The number of methoxy groups -OCH3 is 1. The zero-order valence-electron chi connectivity index (χ0n) is 55.0. The minimum absolute atomic E-state index is 0.0274. The summed E-state index contributed by atoms with van der Waals surface area (Å²) in [6.07, 6.45) is -14.6. The van der Waals surface area contributed by atoms with E-state index >= 15 is 0 Å². The van der Waals surface area contributed by atoms with E-state index < -0.39 is 98.1 Å². The zero-order chi connectivity index (χ0) is 66.6. The van der Waals surface area contributed by atoms with Crippen LogP contribution in [-0.2, 0) is 133 Å². The molecular weight excluding hydrogens is 1230 g/mol. The molecule has 3 saturated heterocycles. The van der Waals surface area contributed by atoms with Gasteiger partial charge in [0.05, 0.1) is 79.3 Å². The Labute approximate surface area is 569 Å². The van der Waals surface area contributed by atoms with E-state index in [1.807, 2.05) is 243 Å². The highest BCUT2D eigenvalue weighted by Crippen LogP contribution is 2.39. The summed E-state index contributed by atoms with van der Waals surface area (Å²) in [4.78, 5) is 14.2. The summed E-state index contributed by atoms with van der Waals surface area (Å²) in [5.74, 6) is -0.675. The summed E-state index contributed by atoms with van der Waals surface area (Å²) < 4.78 is 111. The first-order valence-corrected chi connectivity index (χ1v) is 33.2. The molecule has 0 spiro atoms. The van der Waals surface area contributed by atoms with E-state index in [-0.39, 0.29) is 72.7 Å². The van der Waals surface area contributed by atoms with Crippen LogP contribution < -0.4 is 0 Å². The number of benzene rings is 8. The van der Waals surface area contributed by atoms with Crippen LogP contribution in [0, 0.1) is 0 Å². The van der Waals surface area contributed by atoms with E-state index in [1.165, 1.54) is 14.0 Å². The molecule has 0 aromatic heterocycles. The van der Waals surface area contributed by atoms with Gasteiger partial charge in [-0.3, -0.25) is 4.79 Å². The molecule has 0 unspecified atom stereocenters. The van der Waals surface area contributed by atoms with Gasteiger partial charge in [0.1, 0.15) is 67.1 Å². The van der Waals surface area contributed by atoms with Crippen LogP contribution in [0.15, 0.2) is 255 Å². The van der Waals surface area contributed by atoms with Crippen LogP contribution in [0.4, 0.5) is 0 Å². The Morgan fingerprint density at radius 3 is 0.918 bits per heavy atom. The fraction of sp³-hybridized carbons (Fsp3) is 0.362. The standard InChI is InChI=1S/C80H88O17/c1-4-45-86-73-70(88-50-62-37-21-9-22-38-62)66(54-83-46-58-29-13-5-14-30-58)93-78(82-3)76(73)97-80-77(92-57(2)81)74(71(89-51-63-39-23-10-24-40-63)68(95-80)56-85-48-60-33-17-7-18-34-60)96-79-75(91-53-65-43-27-12-28-44-65)72(90-52-64-41-25-11-26-42-64)69(87-49-61-35-19-8-20-36-61)67(94-79)55-84-47-59-31-15-6-16-32-59/h4-44,66-80H,1,45-56H2,2-3H3/t66-,67-,68-,69+,70-,71-,72+,73+,74+,75-,76+,77+,78+,79-,80-/m1/s1. The van der Waals surface area contributed by atoms with Crippen molar-refractivity contribution in [2.24, 2.45) is 0 Å². The van der Waals surface area contributed by atoms with Gasteiger partial charge in [0.15, 0.2) is 25.0 Å². The number of ether oxygens (including phenoxy) is 16. The van der Waals surface area contributed by atoms with Gasteiger partial charge >= 0.3 is 5.97 Å². The van der Waals surface area contributed by atoms with Crippen molar-refractivity contribution < 1.29 is 80.6 Å². The van der Waals surface area contributed by atoms with Crippen molar-refractivity contribution in [2.75, 3.05) is 33.5 Å². The van der Waals surface area contributed by atoms with Gasteiger partial charge in [-0.05, 0) is 44.5 Å². The fourth-order valence-electron chi connectivity index (χ4n) is 12.1. The molecule has 0 aliphatic carbocycles. The molecule has 0 radical (unpaired) electrons. The van der Waals surface area contributed by atoms with Gasteiger partial charge in [0, 0.05) is 14.0 Å². The minimum atomic E-state index is -1.50. The summed E-state index contributed by atoms with van der Waals surface area (Å²) in [5.41, 5.74) is 7.34. The Balaban J connectivity index is 1.01. The smallest absolute Gasteiger partial charge is 0.303 e. The highest BCUT2D eigenvalue weighted by atomic mass is 16.8. The Morgan fingerprint density at radius 1 is 0.330 bits per heavy atom. The minimum Gasteiger partial charge on any atom is -0.454 e. The van der Waals surface area contributed by atoms with Crippen molar-refractivity contribution in [2.45, 2.75) is 152 Å². The van der Waals surface area contributed by atoms with Crippen LogP contribution in [0.3, 0.4) is 0 Å². The summed E-state index contributed by atoms with van der Waals surface area (Å²) in [6, 6.07) is 78.8. The van der Waals surface area contributed by atoms with E-state index in [9.17, 15) is 4.79 Å². The highest BCUT2D eigenvalue weighted by molar-refractivity contribution is 5.66. The van der Waals surface area contributed by atoms with Gasteiger partial charge in [-0.25, -0.2) is 0 Å². The normalized spacial score (nSPS) is 25.6. The van der Waals surface area contributed by atoms with Gasteiger partial charge in [-0.15, -0.1) is 6.58 Å². The Hall–Kier alpha value is -7.63. The molecule has 0 saturated carbocycles. The number of hydrogen-bond acceptors (Lipinski definition) is 17. The van der Waals surface area contributed by atoms with E-state index in [1.54, 1.807) is 6.08 Å². The van der Waals surface area contributed by atoms with Gasteiger partial charge in [0.25, 0.3) is 0 Å². The molecule has 11 rings (SSSR count). The molecule has 8 aromatic carbocycles. The molecule has 3 heterocycles. The molecule has 17 heteroatoms. The first-order valence-electron chi connectivity index (χ1n) is 33.2. The quantitative estimate of drug-likeness (QED) is 0.0269. The third-order valence-corrected chi connectivity index (χ3v) is 16.9. The average molecular weight is 1320 g/mol. The number of rotatable bonds is 36. The number of esters is 1.